The molecule has 1 saturated heterocycles. The number of halogens is 1. The molecule has 2 aromatic carbocycles. The van der Waals surface area contributed by atoms with Gasteiger partial charge in [0.2, 0.25) is 0 Å². The van der Waals surface area contributed by atoms with Crippen LogP contribution in [-0.2, 0) is 11.2 Å². The Kier molecular flexibility index (Phi) is 7.95. The highest BCUT2D eigenvalue weighted by molar-refractivity contribution is 5.85. The number of nitrogens with one attached hydrogen (secondary N) is 1. The molecule has 0 radical (unpaired) electrons. The minimum atomic E-state index is 0. The normalized spacial score (nSPS) is 14.3. The zero-order valence-electron chi connectivity index (χ0n) is 15.2. The van der Waals surface area contributed by atoms with Crippen molar-refractivity contribution in [3.05, 3.63) is 65.7 Å². The molecule has 1 fully saturated rings. The van der Waals surface area contributed by atoms with E-state index >= 15 is 0 Å². The lowest BCUT2D eigenvalue weighted by Gasteiger charge is -2.31. The van der Waals surface area contributed by atoms with E-state index in [1.165, 1.54) is 5.56 Å². The van der Waals surface area contributed by atoms with Crippen molar-refractivity contribution in [3.8, 4) is 5.75 Å². The van der Waals surface area contributed by atoms with Crippen LogP contribution in [0.4, 0.5) is 0 Å². The maximum atomic E-state index is 12.5. The molecule has 4 nitrogen and oxygen atoms in total. The predicted octanol–water partition coefficient (Wildman–Crippen LogP) is 3.29. The van der Waals surface area contributed by atoms with E-state index in [4.69, 9.17) is 4.74 Å². The summed E-state index contributed by atoms with van der Waals surface area (Å²) in [5, 5.41) is 3.33. The van der Waals surface area contributed by atoms with Crippen LogP contribution in [0.15, 0.2) is 54.6 Å². The van der Waals surface area contributed by atoms with E-state index < -0.39 is 0 Å². The highest BCUT2D eigenvalue weighted by Gasteiger charge is 2.22. The first-order valence-corrected chi connectivity index (χ1v) is 8.95. The molecule has 0 atom stereocenters. The molecule has 1 aliphatic rings. The maximum Gasteiger partial charge on any atom is 0.260 e. The monoisotopic (exact) mass is 374 g/mol. The van der Waals surface area contributed by atoms with Crippen molar-refractivity contribution in [1.29, 1.82) is 0 Å². The van der Waals surface area contributed by atoms with Crippen molar-refractivity contribution in [3.63, 3.8) is 0 Å². The summed E-state index contributed by atoms with van der Waals surface area (Å²) in [5.74, 6) is 0.833. The molecule has 2 aromatic rings. The summed E-state index contributed by atoms with van der Waals surface area (Å²) in [5.41, 5.74) is 2.34. The van der Waals surface area contributed by atoms with Gasteiger partial charge < -0.3 is 15.0 Å². The molecule has 26 heavy (non-hydrogen) atoms. The van der Waals surface area contributed by atoms with E-state index in [-0.39, 0.29) is 24.9 Å². The summed E-state index contributed by atoms with van der Waals surface area (Å²) in [4.78, 5) is 14.3. The van der Waals surface area contributed by atoms with E-state index in [0.717, 1.165) is 43.7 Å². The van der Waals surface area contributed by atoms with Gasteiger partial charge in [-0.05, 0) is 43.1 Å². The molecule has 0 unspecified atom stereocenters. The van der Waals surface area contributed by atoms with Crippen molar-refractivity contribution >= 4 is 18.3 Å². The third kappa shape index (κ3) is 5.48. The van der Waals surface area contributed by atoms with E-state index in [0.29, 0.717) is 6.04 Å². The van der Waals surface area contributed by atoms with Crippen LogP contribution in [-0.4, -0.2) is 43.6 Å². The lowest BCUT2D eigenvalue weighted by atomic mass is 10.0. The molecule has 0 spiro atoms. The first-order chi connectivity index (χ1) is 12.2. The smallest absolute Gasteiger partial charge is 0.260 e. The topological polar surface area (TPSA) is 41.6 Å². The second-order valence-electron chi connectivity index (χ2n) is 6.54. The summed E-state index contributed by atoms with van der Waals surface area (Å²) in [6.45, 7) is 2.04. The van der Waals surface area contributed by atoms with Gasteiger partial charge in [0.25, 0.3) is 5.91 Å². The summed E-state index contributed by atoms with van der Waals surface area (Å²) in [7, 11) is 1.89. The molecule has 140 valence electrons. The van der Waals surface area contributed by atoms with Crippen LogP contribution in [0.1, 0.15) is 24.0 Å². The number of piperidine rings is 1. The average molecular weight is 375 g/mol. The van der Waals surface area contributed by atoms with Gasteiger partial charge in [-0.2, -0.15) is 0 Å². The highest BCUT2D eigenvalue weighted by Crippen LogP contribution is 2.21. The van der Waals surface area contributed by atoms with Crippen LogP contribution >= 0.6 is 12.4 Å². The fourth-order valence-corrected chi connectivity index (χ4v) is 3.25. The highest BCUT2D eigenvalue weighted by atomic mass is 35.5. The lowest BCUT2D eigenvalue weighted by Crippen LogP contribution is -2.45. The van der Waals surface area contributed by atoms with Gasteiger partial charge in [0.15, 0.2) is 6.61 Å². The minimum absolute atomic E-state index is 0. The molecule has 1 N–H and O–H groups in total. The number of ether oxygens (including phenoxy) is 1. The Balaban J connectivity index is 0.00000243. The molecule has 1 amide bonds. The molecule has 3 rings (SSSR count). The fourth-order valence-electron chi connectivity index (χ4n) is 3.25. The third-order valence-corrected chi connectivity index (χ3v) is 4.81. The van der Waals surface area contributed by atoms with Gasteiger partial charge in [0.05, 0.1) is 0 Å². The molecule has 1 heterocycles. The van der Waals surface area contributed by atoms with Gasteiger partial charge >= 0.3 is 0 Å². The predicted molar refractivity (Wildman–Crippen MR) is 107 cm³/mol. The largest absolute Gasteiger partial charge is 0.483 e. The number of likely N-dealkylation sites (N-methyl/N-ethyl adjacent to an activating group) is 1. The summed E-state index contributed by atoms with van der Waals surface area (Å²) in [6, 6.07) is 18.6. The molecule has 5 heteroatoms. The number of amides is 1. The van der Waals surface area contributed by atoms with Gasteiger partial charge in [-0.3, -0.25) is 4.79 Å². The average Bonchev–Trinajstić information content (AvgIpc) is 2.68. The SMILES string of the molecule is CN(C(=O)COc1ccccc1Cc1ccccc1)C1CCNCC1.Cl. The van der Waals surface area contributed by atoms with E-state index in [2.05, 4.69) is 23.5 Å². The molecular formula is C21H27ClN2O2. The molecule has 1 aliphatic heterocycles. The quantitative estimate of drug-likeness (QED) is 0.843. The van der Waals surface area contributed by atoms with Crippen molar-refractivity contribution in [2.75, 3.05) is 26.7 Å². The summed E-state index contributed by atoms with van der Waals surface area (Å²) >= 11 is 0. The molecule has 0 aromatic heterocycles. The lowest BCUT2D eigenvalue weighted by molar-refractivity contribution is -0.134. The van der Waals surface area contributed by atoms with E-state index in [1.807, 2.05) is 48.3 Å². The Labute approximate surface area is 162 Å². The second-order valence-corrected chi connectivity index (χ2v) is 6.54. The molecular weight excluding hydrogens is 348 g/mol. The maximum absolute atomic E-state index is 12.5. The van der Waals surface area contributed by atoms with Crippen LogP contribution in [0, 0.1) is 0 Å². The minimum Gasteiger partial charge on any atom is -0.483 e. The van der Waals surface area contributed by atoms with Gasteiger partial charge in [-0.15, -0.1) is 12.4 Å². The fraction of sp³-hybridized carbons (Fsp3) is 0.381. The van der Waals surface area contributed by atoms with Crippen molar-refractivity contribution in [2.45, 2.75) is 25.3 Å². The number of para-hydroxylation sites is 1. The number of carbonyl (C=O) groups is 1. The summed E-state index contributed by atoms with van der Waals surface area (Å²) < 4.78 is 5.88. The number of carbonyl (C=O) groups excluding carboxylic acids is 1. The number of nitrogens with zero attached hydrogens (tertiary/aromatic N) is 1. The van der Waals surface area contributed by atoms with Gasteiger partial charge in [-0.25, -0.2) is 0 Å². The van der Waals surface area contributed by atoms with Crippen LogP contribution < -0.4 is 10.1 Å². The Bertz CT molecular complexity index is 687. The van der Waals surface area contributed by atoms with E-state index in [1.54, 1.807) is 0 Å². The molecule has 0 aliphatic carbocycles. The van der Waals surface area contributed by atoms with Crippen LogP contribution in [0.25, 0.3) is 0 Å². The zero-order chi connectivity index (χ0) is 17.5. The third-order valence-electron chi connectivity index (χ3n) is 4.81. The number of benzene rings is 2. The molecule has 0 saturated carbocycles. The van der Waals surface area contributed by atoms with Gasteiger partial charge in [-0.1, -0.05) is 48.5 Å². The standard InChI is InChI=1S/C21H26N2O2.ClH/c1-23(19-11-13-22-14-12-19)21(24)16-25-20-10-6-5-9-18(20)15-17-7-3-2-4-8-17;/h2-10,19,22H,11-16H2,1H3;1H. The van der Waals surface area contributed by atoms with Crippen LogP contribution in [0.2, 0.25) is 0 Å². The van der Waals surface area contributed by atoms with Crippen molar-refractivity contribution in [2.24, 2.45) is 0 Å². The number of hydrogen-bond acceptors (Lipinski definition) is 3. The number of hydrogen-bond donors (Lipinski definition) is 1. The van der Waals surface area contributed by atoms with Crippen molar-refractivity contribution in [1.82, 2.24) is 10.2 Å². The first kappa shape index (κ1) is 20.3. The number of rotatable bonds is 6. The Morgan fingerprint density at radius 1 is 1.08 bits per heavy atom. The Hall–Kier alpha value is -2.04. The van der Waals surface area contributed by atoms with Crippen molar-refractivity contribution < 1.29 is 9.53 Å². The zero-order valence-corrected chi connectivity index (χ0v) is 16.0. The summed E-state index contributed by atoms with van der Waals surface area (Å²) in [6.07, 6.45) is 2.81. The van der Waals surface area contributed by atoms with Gasteiger partial charge in [0, 0.05) is 19.5 Å². The Morgan fingerprint density at radius 3 is 2.46 bits per heavy atom. The van der Waals surface area contributed by atoms with Gasteiger partial charge in [0.1, 0.15) is 5.75 Å². The molecule has 0 bridgehead atoms. The first-order valence-electron chi connectivity index (χ1n) is 8.95. The van der Waals surface area contributed by atoms with Crippen LogP contribution in [0.5, 0.6) is 5.75 Å². The van der Waals surface area contributed by atoms with Crippen LogP contribution in [0.3, 0.4) is 0 Å². The van der Waals surface area contributed by atoms with E-state index in [9.17, 15) is 4.79 Å². The second kappa shape index (κ2) is 10.2. The Morgan fingerprint density at radius 2 is 1.73 bits per heavy atom.